The van der Waals surface area contributed by atoms with Crippen LogP contribution < -0.4 is 19.5 Å². The van der Waals surface area contributed by atoms with Crippen LogP contribution in [0.4, 0.5) is 4.79 Å². The zero-order valence-corrected chi connectivity index (χ0v) is 20.5. The highest BCUT2D eigenvalue weighted by molar-refractivity contribution is 6.37. The first-order valence-corrected chi connectivity index (χ1v) is 11.3. The second-order valence-corrected chi connectivity index (χ2v) is 8.10. The molecular weight excluding hydrogens is 483 g/mol. The van der Waals surface area contributed by atoms with E-state index in [-0.39, 0.29) is 22.2 Å². The van der Waals surface area contributed by atoms with Crippen molar-refractivity contribution in [2.75, 3.05) is 20.3 Å². The predicted molar refractivity (Wildman–Crippen MR) is 128 cm³/mol. The Morgan fingerprint density at radius 1 is 1.00 bits per heavy atom. The van der Waals surface area contributed by atoms with Crippen LogP contribution in [0.2, 0.25) is 10.0 Å². The Morgan fingerprint density at radius 3 is 2.32 bits per heavy atom. The number of carbonyl (C=O) groups excluding carboxylic acids is 3. The van der Waals surface area contributed by atoms with Crippen molar-refractivity contribution >= 4 is 47.1 Å². The maximum Gasteiger partial charge on any atom is 0.331 e. The maximum atomic E-state index is 13.1. The molecule has 180 valence electrons. The summed E-state index contributed by atoms with van der Waals surface area (Å²) in [5.74, 6) is -0.221. The van der Waals surface area contributed by atoms with Gasteiger partial charge in [0.05, 0.1) is 36.9 Å². The zero-order valence-electron chi connectivity index (χ0n) is 18.9. The lowest BCUT2D eigenvalue weighted by Gasteiger charge is -2.26. The molecule has 2 aromatic carbocycles. The monoisotopic (exact) mass is 506 g/mol. The molecular formula is C24H24Cl2N2O6. The van der Waals surface area contributed by atoms with E-state index in [1.807, 2.05) is 6.92 Å². The average Bonchev–Trinajstić information content (AvgIpc) is 2.80. The number of halogens is 2. The fraction of sp³-hybridized carbons (Fsp3) is 0.292. The van der Waals surface area contributed by atoms with Crippen LogP contribution in [0.1, 0.15) is 31.4 Å². The molecule has 1 aliphatic heterocycles. The Balaban J connectivity index is 1.88. The molecule has 0 unspecified atom stereocenters. The molecule has 0 aliphatic carbocycles. The molecule has 1 N–H and O–H groups in total. The number of amides is 4. The third-order valence-corrected chi connectivity index (χ3v) is 5.40. The Labute approximate surface area is 207 Å². The molecule has 0 saturated carbocycles. The molecule has 1 aliphatic rings. The summed E-state index contributed by atoms with van der Waals surface area (Å²) in [7, 11) is 1.50. The third-order valence-electron chi connectivity index (χ3n) is 4.84. The third kappa shape index (κ3) is 5.63. The molecule has 1 saturated heterocycles. The maximum absolute atomic E-state index is 13.1. The number of imide groups is 2. The van der Waals surface area contributed by atoms with Crippen molar-refractivity contribution in [1.29, 1.82) is 0 Å². The van der Waals surface area contributed by atoms with Crippen LogP contribution in [-0.2, 0) is 16.1 Å². The summed E-state index contributed by atoms with van der Waals surface area (Å²) in [6.07, 6.45) is 2.16. The number of carbonyl (C=O) groups is 3. The van der Waals surface area contributed by atoms with Gasteiger partial charge in [-0.1, -0.05) is 36.2 Å². The molecule has 0 spiro atoms. The molecule has 0 atom stereocenters. The van der Waals surface area contributed by atoms with Gasteiger partial charge in [0.2, 0.25) is 0 Å². The van der Waals surface area contributed by atoms with Gasteiger partial charge in [0.15, 0.2) is 17.2 Å². The van der Waals surface area contributed by atoms with Gasteiger partial charge in [-0.25, -0.2) is 4.79 Å². The smallest absolute Gasteiger partial charge is 0.331 e. The van der Waals surface area contributed by atoms with Gasteiger partial charge in [0.1, 0.15) is 5.57 Å². The first kappa shape index (κ1) is 25.4. The number of nitrogens with one attached hydrogen (secondary N) is 1. The van der Waals surface area contributed by atoms with Gasteiger partial charge in [-0.3, -0.25) is 19.8 Å². The number of hydrogen-bond acceptors (Lipinski definition) is 6. The van der Waals surface area contributed by atoms with Gasteiger partial charge in [0.25, 0.3) is 11.8 Å². The summed E-state index contributed by atoms with van der Waals surface area (Å²) >= 11 is 12.5. The Morgan fingerprint density at radius 2 is 1.71 bits per heavy atom. The van der Waals surface area contributed by atoms with Crippen LogP contribution in [-0.4, -0.2) is 43.1 Å². The van der Waals surface area contributed by atoms with E-state index in [1.165, 1.54) is 25.3 Å². The molecule has 2 aromatic rings. The van der Waals surface area contributed by atoms with Crippen molar-refractivity contribution in [1.82, 2.24) is 10.2 Å². The molecule has 0 bridgehead atoms. The minimum absolute atomic E-state index is 0.0789. The lowest BCUT2D eigenvalue weighted by Crippen LogP contribution is -2.53. The fourth-order valence-electron chi connectivity index (χ4n) is 3.27. The van der Waals surface area contributed by atoms with Crippen molar-refractivity contribution in [3.05, 3.63) is 57.1 Å². The fourth-order valence-corrected chi connectivity index (χ4v) is 3.89. The van der Waals surface area contributed by atoms with Crippen LogP contribution in [0.3, 0.4) is 0 Å². The summed E-state index contributed by atoms with van der Waals surface area (Å²) in [6.45, 7) is 4.60. The summed E-state index contributed by atoms with van der Waals surface area (Å²) in [5, 5.41) is 2.65. The highest BCUT2D eigenvalue weighted by atomic mass is 35.5. The number of nitrogens with zero attached hydrogens (tertiary/aromatic N) is 1. The zero-order chi connectivity index (χ0) is 24.8. The molecule has 3 rings (SSSR count). The Hall–Kier alpha value is -3.23. The molecule has 4 amide bonds. The highest BCUT2D eigenvalue weighted by Crippen LogP contribution is 2.35. The molecule has 1 heterocycles. The number of barbiturate groups is 1. The molecule has 0 aromatic heterocycles. The first-order valence-electron chi connectivity index (χ1n) is 10.6. The second-order valence-electron chi connectivity index (χ2n) is 7.29. The molecule has 8 nitrogen and oxygen atoms in total. The number of urea groups is 1. The van der Waals surface area contributed by atoms with Gasteiger partial charge >= 0.3 is 6.03 Å². The average molecular weight is 507 g/mol. The quantitative estimate of drug-likeness (QED) is 0.385. The molecule has 34 heavy (non-hydrogen) atoms. The van der Waals surface area contributed by atoms with E-state index >= 15 is 0 Å². The van der Waals surface area contributed by atoms with E-state index in [4.69, 9.17) is 37.4 Å². The van der Waals surface area contributed by atoms with E-state index in [9.17, 15) is 14.4 Å². The van der Waals surface area contributed by atoms with Crippen molar-refractivity contribution in [3.8, 4) is 17.2 Å². The lowest BCUT2D eigenvalue weighted by atomic mass is 10.1. The van der Waals surface area contributed by atoms with Crippen molar-refractivity contribution in [2.45, 2.75) is 26.8 Å². The van der Waals surface area contributed by atoms with Crippen LogP contribution >= 0.6 is 23.2 Å². The van der Waals surface area contributed by atoms with E-state index in [1.54, 1.807) is 25.1 Å². The van der Waals surface area contributed by atoms with Crippen molar-refractivity contribution in [3.63, 3.8) is 0 Å². The van der Waals surface area contributed by atoms with Gasteiger partial charge in [0, 0.05) is 0 Å². The van der Waals surface area contributed by atoms with Gasteiger partial charge in [-0.15, -0.1) is 0 Å². The summed E-state index contributed by atoms with van der Waals surface area (Å²) < 4.78 is 16.4. The number of hydrogen-bond donors (Lipinski definition) is 1. The Kier molecular flexibility index (Phi) is 8.41. The first-order chi connectivity index (χ1) is 16.3. The summed E-state index contributed by atoms with van der Waals surface area (Å²) in [4.78, 5) is 38.9. The Bertz CT molecular complexity index is 1130. The highest BCUT2D eigenvalue weighted by Gasteiger charge is 2.36. The van der Waals surface area contributed by atoms with E-state index in [2.05, 4.69) is 5.32 Å². The van der Waals surface area contributed by atoms with Crippen LogP contribution in [0.25, 0.3) is 6.08 Å². The normalized spacial score (nSPS) is 14.9. The van der Waals surface area contributed by atoms with E-state index < -0.39 is 17.8 Å². The standard InChI is InChI=1S/C24H24Cl2N2O6/c1-4-8-34-19-7-6-14(12-20(19)32-3)13-28-23(30)16(22(29)27-24(28)31)9-15-10-17(25)21(33-5-2)18(26)11-15/h6-7,9-12H,4-5,8,13H2,1-3H3,(H,27,29,31)/b16-9+. The topological polar surface area (TPSA) is 94.2 Å². The minimum Gasteiger partial charge on any atom is -0.493 e. The SMILES string of the molecule is CCCOc1ccc(CN2C(=O)NC(=O)/C(=C\c3cc(Cl)c(OCC)c(Cl)c3)C2=O)cc1OC. The predicted octanol–water partition coefficient (Wildman–Crippen LogP) is 4.85. The van der Waals surface area contributed by atoms with Crippen LogP contribution in [0.15, 0.2) is 35.9 Å². The summed E-state index contributed by atoms with van der Waals surface area (Å²) in [6, 6.07) is 7.33. The van der Waals surface area contributed by atoms with Crippen molar-refractivity contribution < 1.29 is 28.6 Å². The number of ether oxygens (including phenoxy) is 3. The largest absolute Gasteiger partial charge is 0.493 e. The van der Waals surface area contributed by atoms with E-state index in [0.717, 1.165) is 11.3 Å². The van der Waals surface area contributed by atoms with Gasteiger partial charge in [-0.2, -0.15) is 0 Å². The van der Waals surface area contributed by atoms with Crippen LogP contribution in [0, 0.1) is 0 Å². The number of rotatable bonds is 9. The van der Waals surface area contributed by atoms with Crippen LogP contribution in [0.5, 0.6) is 17.2 Å². The van der Waals surface area contributed by atoms with E-state index in [0.29, 0.717) is 41.6 Å². The van der Waals surface area contributed by atoms with Crippen molar-refractivity contribution in [2.24, 2.45) is 0 Å². The molecule has 1 fully saturated rings. The number of methoxy groups -OCH3 is 1. The number of benzene rings is 2. The minimum atomic E-state index is -0.819. The summed E-state index contributed by atoms with van der Waals surface area (Å²) in [5.41, 5.74) is 0.793. The molecule has 0 radical (unpaired) electrons. The lowest BCUT2D eigenvalue weighted by molar-refractivity contribution is -0.130. The van der Waals surface area contributed by atoms with Gasteiger partial charge < -0.3 is 14.2 Å². The second kappa shape index (κ2) is 11.3. The molecule has 10 heteroatoms. The van der Waals surface area contributed by atoms with Gasteiger partial charge in [-0.05, 0) is 54.8 Å².